The SMILES string of the molecule is COC1=CCC([C@@H]2Cc3c(OS(=O)(=O)C(F)(F)F)cc(OC)cc3[C@@H]3CCCC[C@@H]32)C=C1. The first-order valence-electron chi connectivity index (χ1n) is 10.8. The van der Waals surface area contributed by atoms with Crippen LogP contribution in [-0.4, -0.2) is 28.1 Å². The van der Waals surface area contributed by atoms with Crippen molar-refractivity contribution in [2.24, 2.45) is 17.8 Å². The van der Waals surface area contributed by atoms with Crippen molar-refractivity contribution < 1.29 is 35.2 Å². The van der Waals surface area contributed by atoms with Gasteiger partial charge in [0.1, 0.15) is 17.3 Å². The molecule has 1 unspecified atom stereocenters. The van der Waals surface area contributed by atoms with Crippen LogP contribution in [0.5, 0.6) is 11.5 Å². The Morgan fingerprint density at radius 1 is 1.03 bits per heavy atom. The van der Waals surface area contributed by atoms with Gasteiger partial charge in [0.15, 0.2) is 0 Å². The molecule has 1 fully saturated rings. The van der Waals surface area contributed by atoms with E-state index in [1.165, 1.54) is 13.2 Å². The minimum absolute atomic E-state index is 0.129. The lowest BCUT2D eigenvalue weighted by Gasteiger charge is -2.45. The Balaban J connectivity index is 1.77. The molecule has 4 atom stereocenters. The van der Waals surface area contributed by atoms with E-state index in [2.05, 4.69) is 10.3 Å². The van der Waals surface area contributed by atoms with E-state index >= 15 is 0 Å². The summed E-state index contributed by atoms with van der Waals surface area (Å²) in [5.41, 5.74) is -4.11. The second-order valence-corrected chi connectivity index (χ2v) is 10.2. The van der Waals surface area contributed by atoms with Gasteiger partial charge in [-0.25, -0.2) is 0 Å². The van der Waals surface area contributed by atoms with Crippen molar-refractivity contribution in [2.75, 3.05) is 14.2 Å². The maximum Gasteiger partial charge on any atom is 0.534 e. The molecule has 0 saturated heterocycles. The number of rotatable bonds is 5. The van der Waals surface area contributed by atoms with Crippen LogP contribution in [0.2, 0.25) is 0 Å². The van der Waals surface area contributed by atoms with Crippen LogP contribution in [0.1, 0.15) is 49.1 Å². The van der Waals surface area contributed by atoms with Crippen molar-refractivity contribution in [1.29, 1.82) is 0 Å². The summed E-state index contributed by atoms with van der Waals surface area (Å²) in [4.78, 5) is 0. The largest absolute Gasteiger partial charge is 0.534 e. The van der Waals surface area contributed by atoms with Crippen LogP contribution in [-0.2, 0) is 21.3 Å². The molecule has 0 heterocycles. The molecule has 0 radical (unpaired) electrons. The first kappa shape index (κ1) is 23.0. The molecule has 5 nitrogen and oxygen atoms in total. The average molecular weight is 473 g/mol. The zero-order valence-corrected chi connectivity index (χ0v) is 18.8. The number of allylic oxidation sites excluding steroid dienone is 3. The molecule has 3 aliphatic carbocycles. The molecule has 0 bridgehead atoms. The number of alkyl halides is 3. The molecule has 1 aromatic rings. The molecule has 9 heteroatoms. The molecule has 4 rings (SSSR count). The molecule has 3 aliphatic rings. The van der Waals surface area contributed by atoms with Crippen LogP contribution in [0.15, 0.2) is 36.1 Å². The zero-order valence-electron chi connectivity index (χ0n) is 18.0. The number of benzene rings is 1. The third-order valence-electron chi connectivity index (χ3n) is 7.03. The lowest BCUT2D eigenvalue weighted by molar-refractivity contribution is -0.0500. The van der Waals surface area contributed by atoms with Gasteiger partial charge in [0.2, 0.25) is 0 Å². The first-order chi connectivity index (χ1) is 15.1. The van der Waals surface area contributed by atoms with Crippen molar-refractivity contribution in [3.05, 3.63) is 47.2 Å². The lowest BCUT2D eigenvalue weighted by atomic mass is 9.59. The highest BCUT2D eigenvalue weighted by Gasteiger charge is 2.50. The average Bonchev–Trinajstić information content (AvgIpc) is 2.77. The van der Waals surface area contributed by atoms with E-state index in [0.717, 1.165) is 43.4 Å². The summed E-state index contributed by atoms with van der Waals surface area (Å²) in [6.45, 7) is 0. The van der Waals surface area contributed by atoms with Crippen molar-refractivity contribution in [3.8, 4) is 11.5 Å². The third-order valence-corrected chi connectivity index (χ3v) is 7.99. The molecule has 32 heavy (non-hydrogen) atoms. The number of methoxy groups -OCH3 is 2. The topological polar surface area (TPSA) is 61.8 Å². The van der Waals surface area contributed by atoms with Crippen molar-refractivity contribution in [2.45, 2.75) is 50.0 Å². The van der Waals surface area contributed by atoms with Crippen molar-refractivity contribution >= 4 is 10.1 Å². The van der Waals surface area contributed by atoms with Gasteiger partial charge in [-0.15, -0.1) is 0 Å². The maximum absolute atomic E-state index is 13.1. The second kappa shape index (κ2) is 8.65. The number of halogens is 3. The van der Waals surface area contributed by atoms with Crippen LogP contribution in [0.25, 0.3) is 0 Å². The minimum Gasteiger partial charge on any atom is -0.497 e. The Morgan fingerprint density at radius 3 is 2.41 bits per heavy atom. The normalized spacial score (nSPS) is 27.7. The van der Waals surface area contributed by atoms with E-state index in [0.29, 0.717) is 23.7 Å². The number of hydrogen-bond donors (Lipinski definition) is 0. The van der Waals surface area contributed by atoms with E-state index < -0.39 is 15.6 Å². The molecule has 0 aliphatic heterocycles. The van der Waals surface area contributed by atoms with Gasteiger partial charge >= 0.3 is 15.6 Å². The number of ether oxygens (including phenoxy) is 2. The summed E-state index contributed by atoms with van der Waals surface area (Å²) >= 11 is 0. The Morgan fingerprint density at radius 2 is 1.78 bits per heavy atom. The van der Waals surface area contributed by atoms with Crippen LogP contribution in [0, 0.1) is 17.8 Å². The van der Waals surface area contributed by atoms with Gasteiger partial charge in [-0.3, -0.25) is 0 Å². The summed E-state index contributed by atoms with van der Waals surface area (Å²) in [6, 6.07) is 3.09. The molecule has 0 aromatic heterocycles. The van der Waals surface area contributed by atoms with Gasteiger partial charge in [0.05, 0.1) is 14.2 Å². The van der Waals surface area contributed by atoms with E-state index in [1.807, 2.05) is 18.2 Å². The molecule has 176 valence electrons. The molecule has 1 aromatic carbocycles. The fourth-order valence-corrected chi connectivity index (χ4v) is 6.03. The standard InChI is InChI=1S/C23H27F3O5S/c1-29-15-9-7-14(8-10-15)19-13-21-20(18-6-4-3-5-17(18)19)11-16(30-2)12-22(21)31-32(27,28)23(24,25)26/h7,9-12,14,17-19H,3-6,8,13H2,1-2H3/t14?,17-,18+,19-/m0/s1. The quantitative estimate of drug-likeness (QED) is 0.420. The second-order valence-electron chi connectivity index (χ2n) is 8.67. The monoisotopic (exact) mass is 472 g/mol. The van der Waals surface area contributed by atoms with E-state index in [1.54, 1.807) is 7.11 Å². The van der Waals surface area contributed by atoms with Gasteiger partial charge in [-0.2, -0.15) is 21.6 Å². The summed E-state index contributed by atoms with van der Waals surface area (Å²) in [5, 5.41) is 0. The number of hydrogen-bond acceptors (Lipinski definition) is 5. The van der Waals surface area contributed by atoms with Gasteiger partial charge in [-0.1, -0.05) is 18.9 Å². The molecule has 0 N–H and O–H groups in total. The van der Waals surface area contributed by atoms with Crippen molar-refractivity contribution in [1.82, 2.24) is 0 Å². The van der Waals surface area contributed by atoms with E-state index in [-0.39, 0.29) is 23.5 Å². The predicted molar refractivity (Wildman–Crippen MR) is 113 cm³/mol. The van der Waals surface area contributed by atoms with Crippen molar-refractivity contribution in [3.63, 3.8) is 0 Å². The Hall–Kier alpha value is -2.16. The summed E-state index contributed by atoms with van der Waals surface area (Å²) in [5.74, 6) is 1.67. The molecule has 1 saturated carbocycles. The summed E-state index contributed by atoms with van der Waals surface area (Å²) in [6.07, 6.45) is 11.4. The van der Waals surface area contributed by atoms with Crippen LogP contribution >= 0.6 is 0 Å². The molecular formula is C23H27F3O5S. The fourth-order valence-electron chi connectivity index (χ4n) is 5.55. The fraction of sp³-hybridized carbons (Fsp3) is 0.565. The summed E-state index contributed by atoms with van der Waals surface area (Å²) in [7, 11) is -2.77. The highest BCUT2D eigenvalue weighted by atomic mass is 32.2. The highest BCUT2D eigenvalue weighted by molar-refractivity contribution is 7.88. The molecular weight excluding hydrogens is 445 g/mol. The van der Waals surface area contributed by atoms with Gasteiger partial charge < -0.3 is 13.7 Å². The smallest absolute Gasteiger partial charge is 0.497 e. The van der Waals surface area contributed by atoms with Gasteiger partial charge in [0, 0.05) is 6.07 Å². The van der Waals surface area contributed by atoms with Gasteiger partial charge in [0.25, 0.3) is 0 Å². The van der Waals surface area contributed by atoms with Crippen LogP contribution in [0.4, 0.5) is 13.2 Å². The van der Waals surface area contributed by atoms with Crippen LogP contribution in [0.3, 0.4) is 0 Å². The van der Waals surface area contributed by atoms with E-state index in [4.69, 9.17) is 9.47 Å². The minimum atomic E-state index is -5.79. The van der Waals surface area contributed by atoms with Crippen LogP contribution < -0.4 is 8.92 Å². The predicted octanol–water partition coefficient (Wildman–Crippen LogP) is 5.48. The Labute approximate surface area is 186 Å². The molecule has 0 spiro atoms. The van der Waals surface area contributed by atoms with Gasteiger partial charge in [-0.05, 0) is 78.7 Å². The third kappa shape index (κ3) is 4.23. The highest BCUT2D eigenvalue weighted by Crippen LogP contribution is 2.54. The zero-order chi connectivity index (χ0) is 23.1. The first-order valence-corrected chi connectivity index (χ1v) is 12.2. The summed E-state index contributed by atoms with van der Waals surface area (Å²) < 4.78 is 78.1. The van der Waals surface area contributed by atoms with E-state index in [9.17, 15) is 21.6 Å². The Bertz CT molecular complexity index is 1030. The lowest BCUT2D eigenvalue weighted by Crippen LogP contribution is -2.37. The maximum atomic E-state index is 13.1. The number of fused-ring (bicyclic) bond motifs is 3. The Kier molecular flexibility index (Phi) is 6.22. The molecule has 0 amide bonds.